The van der Waals surface area contributed by atoms with Gasteiger partial charge in [0.25, 0.3) is 0 Å². The SMILES string of the molecule is C=CC(C)N(CC)CC(C)C#N. The molecule has 12 heavy (non-hydrogen) atoms. The molecule has 0 fully saturated rings. The van der Waals surface area contributed by atoms with E-state index in [-0.39, 0.29) is 5.92 Å². The van der Waals surface area contributed by atoms with Crippen LogP contribution >= 0.6 is 0 Å². The summed E-state index contributed by atoms with van der Waals surface area (Å²) in [5, 5.41) is 8.63. The molecule has 0 aliphatic heterocycles. The lowest BCUT2D eigenvalue weighted by Crippen LogP contribution is -2.34. The molecule has 0 aliphatic carbocycles. The van der Waals surface area contributed by atoms with Gasteiger partial charge in [0, 0.05) is 12.6 Å². The van der Waals surface area contributed by atoms with Crippen LogP contribution in [0.2, 0.25) is 0 Å². The monoisotopic (exact) mass is 166 g/mol. The van der Waals surface area contributed by atoms with E-state index in [0.717, 1.165) is 13.1 Å². The standard InChI is InChI=1S/C10H18N2/c1-5-10(4)12(6-2)8-9(3)7-11/h5,9-10H,1,6,8H2,2-4H3. The van der Waals surface area contributed by atoms with Gasteiger partial charge in [0.2, 0.25) is 0 Å². The van der Waals surface area contributed by atoms with Crippen LogP contribution in [0.3, 0.4) is 0 Å². The molecular weight excluding hydrogens is 148 g/mol. The average Bonchev–Trinajstić information content (AvgIpc) is 2.12. The fourth-order valence-electron chi connectivity index (χ4n) is 1.13. The van der Waals surface area contributed by atoms with Crippen molar-refractivity contribution >= 4 is 0 Å². The third kappa shape index (κ3) is 3.54. The minimum atomic E-state index is 0.104. The Bertz CT molecular complexity index is 169. The quantitative estimate of drug-likeness (QED) is 0.584. The van der Waals surface area contributed by atoms with Crippen LogP contribution in [-0.2, 0) is 0 Å². The molecule has 0 spiro atoms. The van der Waals surface area contributed by atoms with Crippen molar-refractivity contribution in [3.05, 3.63) is 12.7 Å². The van der Waals surface area contributed by atoms with E-state index in [9.17, 15) is 0 Å². The summed E-state index contributed by atoms with van der Waals surface area (Å²) in [6.45, 7) is 11.7. The van der Waals surface area contributed by atoms with Crippen LogP contribution in [0.15, 0.2) is 12.7 Å². The van der Waals surface area contributed by atoms with Crippen molar-refractivity contribution in [2.75, 3.05) is 13.1 Å². The van der Waals surface area contributed by atoms with E-state index >= 15 is 0 Å². The Morgan fingerprint density at radius 3 is 2.50 bits per heavy atom. The summed E-state index contributed by atoms with van der Waals surface area (Å²) in [4.78, 5) is 2.24. The Morgan fingerprint density at radius 1 is 1.58 bits per heavy atom. The molecule has 2 atom stereocenters. The minimum absolute atomic E-state index is 0.104. The number of rotatable bonds is 5. The van der Waals surface area contributed by atoms with Crippen molar-refractivity contribution in [3.63, 3.8) is 0 Å². The Kier molecular flexibility index (Phi) is 5.40. The molecule has 0 saturated heterocycles. The zero-order valence-electron chi connectivity index (χ0n) is 8.25. The Morgan fingerprint density at radius 2 is 2.17 bits per heavy atom. The first-order chi connectivity index (χ1) is 5.65. The zero-order chi connectivity index (χ0) is 9.56. The molecule has 0 radical (unpaired) electrons. The van der Waals surface area contributed by atoms with Gasteiger partial charge in [-0.05, 0) is 20.4 Å². The normalized spacial score (nSPS) is 15.2. The summed E-state index contributed by atoms with van der Waals surface area (Å²) in [5.74, 6) is 0.104. The highest BCUT2D eigenvalue weighted by Gasteiger charge is 2.11. The fraction of sp³-hybridized carbons (Fsp3) is 0.700. The van der Waals surface area contributed by atoms with Crippen LogP contribution in [0.25, 0.3) is 0 Å². The molecule has 0 aromatic heterocycles. The molecule has 2 nitrogen and oxygen atoms in total. The molecule has 0 rings (SSSR count). The lowest BCUT2D eigenvalue weighted by Gasteiger charge is -2.25. The van der Waals surface area contributed by atoms with Gasteiger partial charge in [0.15, 0.2) is 0 Å². The van der Waals surface area contributed by atoms with Crippen molar-refractivity contribution in [1.82, 2.24) is 4.90 Å². The molecule has 0 aliphatic rings. The van der Waals surface area contributed by atoms with Gasteiger partial charge >= 0.3 is 0 Å². The first-order valence-corrected chi connectivity index (χ1v) is 4.41. The smallest absolute Gasteiger partial charge is 0.0666 e. The Labute approximate surface area is 75.5 Å². The highest BCUT2D eigenvalue weighted by atomic mass is 15.1. The molecule has 0 bridgehead atoms. The van der Waals surface area contributed by atoms with E-state index in [1.54, 1.807) is 0 Å². The predicted molar refractivity (Wildman–Crippen MR) is 51.7 cm³/mol. The van der Waals surface area contributed by atoms with Crippen LogP contribution in [-0.4, -0.2) is 24.0 Å². The van der Waals surface area contributed by atoms with Gasteiger partial charge in [-0.25, -0.2) is 0 Å². The van der Waals surface area contributed by atoms with Crippen LogP contribution in [0.1, 0.15) is 20.8 Å². The van der Waals surface area contributed by atoms with Crippen molar-refractivity contribution in [3.8, 4) is 6.07 Å². The molecule has 2 heteroatoms. The third-order valence-corrected chi connectivity index (χ3v) is 2.05. The van der Waals surface area contributed by atoms with Gasteiger partial charge in [-0.15, -0.1) is 6.58 Å². The van der Waals surface area contributed by atoms with Gasteiger partial charge in [-0.1, -0.05) is 13.0 Å². The summed E-state index contributed by atoms with van der Waals surface area (Å²) in [6.07, 6.45) is 1.91. The molecule has 0 saturated carbocycles. The lowest BCUT2D eigenvalue weighted by molar-refractivity contribution is 0.237. The van der Waals surface area contributed by atoms with Crippen molar-refractivity contribution in [2.45, 2.75) is 26.8 Å². The molecule has 0 N–H and O–H groups in total. The molecule has 0 aromatic carbocycles. The van der Waals surface area contributed by atoms with E-state index < -0.39 is 0 Å². The second-order valence-electron chi connectivity index (χ2n) is 3.09. The zero-order valence-corrected chi connectivity index (χ0v) is 8.25. The van der Waals surface area contributed by atoms with E-state index in [1.807, 2.05) is 13.0 Å². The number of nitrogens with zero attached hydrogens (tertiary/aromatic N) is 2. The first-order valence-electron chi connectivity index (χ1n) is 4.41. The Balaban J connectivity index is 4.00. The fourth-order valence-corrected chi connectivity index (χ4v) is 1.13. The van der Waals surface area contributed by atoms with Gasteiger partial charge in [0.1, 0.15) is 0 Å². The van der Waals surface area contributed by atoms with Gasteiger partial charge in [0.05, 0.1) is 12.0 Å². The Hall–Kier alpha value is -0.810. The van der Waals surface area contributed by atoms with E-state index in [2.05, 4.69) is 31.4 Å². The van der Waals surface area contributed by atoms with Crippen LogP contribution in [0, 0.1) is 17.2 Å². The second kappa shape index (κ2) is 5.79. The molecular formula is C10H18N2. The molecule has 2 unspecified atom stereocenters. The molecule has 0 heterocycles. The van der Waals surface area contributed by atoms with Gasteiger partial charge in [-0.3, -0.25) is 4.90 Å². The third-order valence-electron chi connectivity index (χ3n) is 2.05. The summed E-state index contributed by atoms with van der Waals surface area (Å²) in [5.41, 5.74) is 0. The second-order valence-corrected chi connectivity index (χ2v) is 3.09. The largest absolute Gasteiger partial charge is 0.296 e. The number of hydrogen-bond donors (Lipinski definition) is 0. The van der Waals surface area contributed by atoms with Crippen LogP contribution in [0.4, 0.5) is 0 Å². The topological polar surface area (TPSA) is 27.0 Å². The van der Waals surface area contributed by atoms with Gasteiger partial charge < -0.3 is 0 Å². The van der Waals surface area contributed by atoms with Crippen molar-refractivity contribution in [2.24, 2.45) is 5.92 Å². The van der Waals surface area contributed by atoms with Gasteiger partial charge in [-0.2, -0.15) is 5.26 Å². The maximum absolute atomic E-state index is 8.63. The molecule has 68 valence electrons. The minimum Gasteiger partial charge on any atom is -0.296 e. The van der Waals surface area contributed by atoms with Crippen LogP contribution in [0.5, 0.6) is 0 Å². The van der Waals surface area contributed by atoms with Crippen molar-refractivity contribution < 1.29 is 0 Å². The maximum Gasteiger partial charge on any atom is 0.0666 e. The number of nitriles is 1. The first kappa shape index (κ1) is 11.2. The summed E-state index contributed by atoms with van der Waals surface area (Å²) >= 11 is 0. The maximum atomic E-state index is 8.63. The van der Waals surface area contributed by atoms with E-state index in [4.69, 9.17) is 5.26 Å². The number of likely N-dealkylation sites (N-methyl/N-ethyl adjacent to an activating group) is 1. The molecule has 0 amide bonds. The predicted octanol–water partition coefficient (Wildman–Crippen LogP) is 2.04. The highest BCUT2D eigenvalue weighted by Crippen LogP contribution is 2.04. The van der Waals surface area contributed by atoms with E-state index in [0.29, 0.717) is 6.04 Å². The molecule has 0 aromatic rings. The summed E-state index contributed by atoms with van der Waals surface area (Å²) in [7, 11) is 0. The average molecular weight is 166 g/mol. The van der Waals surface area contributed by atoms with Crippen LogP contribution < -0.4 is 0 Å². The lowest BCUT2D eigenvalue weighted by atomic mass is 10.1. The van der Waals surface area contributed by atoms with Crippen molar-refractivity contribution in [1.29, 1.82) is 5.26 Å². The summed E-state index contributed by atoms with van der Waals surface area (Å²) in [6, 6.07) is 2.60. The summed E-state index contributed by atoms with van der Waals surface area (Å²) < 4.78 is 0. The highest BCUT2D eigenvalue weighted by molar-refractivity contribution is 4.88. The van der Waals surface area contributed by atoms with E-state index in [1.165, 1.54) is 0 Å². The number of hydrogen-bond acceptors (Lipinski definition) is 2.